The second kappa shape index (κ2) is 6.00. The van der Waals surface area contributed by atoms with E-state index in [1.807, 2.05) is 12.1 Å². The van der Waals surface area contributed by atoms with Gasteiger partial charge in [-0.1, -0.05) is 30.3 Å². The standard InChI is InChI=1S/C18H21NO/c1-20-17-11-8-14(9-12-17)7-10-16-5-2-4-15-6-3-13-19-18(15)16/h2,4-5,8-9,11-12,19H,3,6-7,10,13H2,1H3. The summed E-state index contributed by atoms with van der Waals surface area (Å²) in [6.07, 6.45) is 4.61. The fourth-order valence-electron chi connectivity index (χ4n) is 2.86. The second-order valence-electron chi connectivity index (χ2n) is 5.33. The smallest absolute Gasteiger partial charge is 0.118 e. The van der Waals surface area contributed by atoms with Crippen molar-refractivity contribution in [1.82, 2.24) is 0 Å². The number of nitrogens with one attached hydrogen (secondary N) is 1. The molecule has 0 unspecified atom stereocenters. The molecule has 0 radical (unpaired) electrons. The van der Waals surface area contributed by atoms with Crippen LogP contribution >= 0.6 is 0 Å². The van der Waals surface area contributed by atoms with Crippen molar-refractivity contribution in [3.8, 4) is 5.75 Å². The van der Waals surface area contributed by atoms with Crippen molar-refractivity contribution in [2.24, 2.45) is 0 Å². The molecular formula is C18H21NO. The number of para-hydroxylation sites is 1. The highest BCUT2D eigenvalue weighted by atomic mass is 16.5. The topological polar surface area (TPSA) is 21.3 Å². The van der Waals surface area contributed by atoms with Crippen molar-refractivity contribution < 1.29 is 4.74 Å². The normalized spacial score (nSPS) is 13.4. The van der Waals surface area contributed by atoms with E-state index in [2.05, 4.69) is 35.6 Å². The highest BCUT2D eigenvalue weighted by molar-refractivity contribution is 5.59. The number of aryl methyl sites for hydroxylation is 3. The number of anilines is 1. The SMILES string of the molecule is COc1ccc(CCc2cccc3c2NCCC3)cc1. The first kappa shape index (κ1) is 13.0. The second-order valence-corrected chi connectivity index (χ2v) is 5.33. The molecule has 2 aromatic rings. The summed E-state index contributed by atoms with van der Waals surface area (Å²) < 4.78 is 5.20. The van der Waals surface area contributed by atoms with Gasteiger partial charge in [-0.3, -0.25) is 0 Å². The molecule has 1 aliphatic heterocycles. The first-order valence-electron chi connectivity index (χ1n) is 7.34. The number of hydrogen-bond acceptors (Lipinski definition) is 2. The zero-order valence-corrected chi connectivity index (χ0v) is 12.0. The van der Waals surface area contributed by atoms with Crippen molar-refractivity contribution in [2.45, 2.75) is 25.7 Å². The average Bonchev–Trinajstić information content (AvgIpc) is 2.53. The fourth-order valence-corrected chi connectivity index (χ4v) is 2.86. The van der Waals surface area contributed by atoms with Crippen LogP contribution in [0.2, 0.25) is 0 Å². The maximum atomic E-state index is 5.20. The molecule has 2 aromatic carbocycles. The zero-order chi connectivity index (χ0) is 13.8. The lowest BCUT2D eigenvalue weighted by Gasteiger charge is -2.21. The number of hydrogen-bond donors (Lipinski definition) is 1. The Balaban J connectivity index is 1.71. The average molecular weight is 267 g/mol. The molecule has 0 aromatic heterocycles. The summed E-state index contributed by atoms with van der Waals surface area (Å²) in [5.74, 6) is 0.924. The van der Waals surface area contributed by atoms with Crippen LogP contribution in [0.4, 0.5) is 5.69 Å². The van der Waals surface area contributed by atoms with Gasteiger partial charge < -0.3 is 10.1 Å². The van der Waals surface area contributed by atoms with Gasteiger partial charge >= 0.3 is 0 Å². The molecule has 0 saturated carbocycles. The van der Waals surface area contributed by atoms with Gasteiger partial charge in [0.05, 0.1) is 7.11 Å². The number of rotatable bonds is 4. The predicted octanol–water partition coefficient (Wildman–Crippen LogP) is 3.84. The minimum absolute atomic E-state index is 0.924. The van der Waals surface area contributed by atoms with Crippen molar-refractivity contribution in [1.29, 1.82) is 0 Å². The predicted molar refractivity (Wildman–Crippen MR) is 83.7 cm³/mol. The van der Waals surface area contributed by atoms with Crippen LogP contribution in [0.15, 0.2) is 42.5 Å². The Morgan fingerprint density at radius 2 is 1.90 bits per heavy atom. The van der Waals surface area contributed by atoms with E-state index in [1.165, 1.54) is 35.2 Å². The summed E-state index contributed by atoms with van der Waals surface area (Å²) >= 11 is 0. The largest absolute Gasteiger partial charge is 0.497 e. The molecule has 3 rings (SSSR count). The molecule has 104 valence electrons. The van der Waals surface area contributed by atoms with E-state index < -0.39 is 0 Å². The van der Waals surface area contributed by atoms with Crippen LogP contribution in [-0.4, -0.2) is 13.7 Å². The fraction of sp³-hybridized carbons (Fsp3) is 0.333. The van der Waals surface area contributed by atoms with Crippen LogP contribution < -0.4 is 10.1 Å². The third-order valence-corrected chi connectivity index (χ3v) is 4.00. The lowest BCUT2D eigenvalue weighted by molar-refractivity contribution is 0.414. The van der Waals surface area contributed by atoms with Crippen molar-refractivity contribution in [2.75, 3.05) is 19.0 Å². The van der Waals surface area contributed by atoms with Gasteiger partial charge in [0.1, 0.15) is 5.75 Å². The minimum Gasteiger partial charge on any atom is -0.497 e. The number of ether oxygens (including phenoxy) is 1. The van der Waals surface area contributed by atoms with Crippen LogP contribution in [0.3, 0.4) is 0 Å². The van der Waals surface area contributed by atoms with E-state index in [0.717, 1.165) is 25.1 Å². The van der Waals surface area contributed by atoms with E-state index in [1.54, 1.807) is 7.11 Å². The Morgan fingerprint density at radius 3 is 2.70 bits per heavy atom. The van der Waals surface area contributed by atoms with E-state index in [4.69, 9.17) is 4.74 Å². The first-order valence-corrected chi connectivity index (χ1v) is 7.34. The maximum Gasteiger partial charge on any atom is 0.118 e. The number of fused-ring (bicyclic) bond motifs is 1. The Kier molecular flexibility index (Phi) is 3.91. The van der Waals surface area contributed by atoms with Crippen LogP contribution in [0.25, 0.3) is 0 Å². The molecule has 20 heavy (non-hydrogen) atoms. The Morgan fingerprint density at radius 1 is 1.05 bits per heavy atom. The van der Waals surface area contributed by atoms with Crippen LogP contribution in [0, 0.1) is 0 Å². The first-order chi connectivity index (χ1) is 9.86. The molecule has 0 fully saturated rings. The Hall–Kier alpha value is -1.96. The zero-order valence-electron chi connectivity index (χ0n) is 12.0. The van der Waals surface area contributed by atoms with Gasteiger partial charge in [0, 0.05) is 12.2 Å². The summed E-state index contributed by atoms with van der Waals surface area (Å²) in [4.78, 5) is 0. The molecule has 1 aliphatic rings. The highest BCUT2D eigenvalue weighted by Crippen LogP contribution is 2.27. The van der Waals surface area contributed by atoms with Gasteiger partial charge in [-0.05, 0) is 54.5 Å². The monoisotopic (exact) mass is 267 g/mol. The van der Waals surface area contributed by atoms with Crippen LogP contribution in [0.1, 0.15) is 23.1 Å². The molecule has 1 N–H and O–H groups in total. The summed E-state index contributed by atoms with van der Waals surface area (Å²) in [5.41, 5.74) is 5.66. The Labute approximate surface area is 120 Å². The minimum atomic E-state index is 0.924. The highest BCUT2D eigenvalue weighted by Gasteiger charge is 2.11. The number of benzene rings is 2. The van der Waals surface area contributed by atoms with Crippen molar-refractivity contribution >= 4 is 5.69 Å². The lowest BCUT2D eigenvalue weighted by Crippen LogP contribution is -2.13. The molecule has 1 heterocycles. The quantitative estimate of drug-likeness (QED) is 0.908. The van der Waals surface area contributed by atoms with E-state index in [-0.39, 0.29) is 0 Å². The number of methoxy groups -OCH3 is 1. The molecule has 0 atom stereocenters. The van der Waals surface area contributed by atoms with Crippen molar-refractivity contribution in [3.63, 3.8) is 0 Å². The summed E-state index contributed by atoms with van der Waals surface area (Å²) in [6, 6.07) is 15.1. The molecule has 0 saturated heterocycles. The van der Waals surface area contributed by atoms with Crippen LogP contribution in [0.5, 0.6) is 5.75 Å². The van der Waals surface area contributed by atoms with Gasteiger partial charge in [-0.15, -0.1) is 0 Å². The third kappa shape index (κ3) is 2.79. The summed E-state index contributed by atoms with van der Waals surface area (Å²) in [7, 11) is 1.71. The van der Waals surface area contributed by atoms with E-state index >= 15 is 0 Å². The lowest BCUT2D eigenvalue weighted by atomic mass is 9.96. The van der Waals surface area contributed by atoms with Gasteiger partial charge in [0.15, 0.2) is 0 Å². The molecular weight excluding hydrogens is 246 g/mol. The molecule has 0 spiro atoms. The molecule has 0 bridgehead atoms. The molecule has 2 heteroatoms. The van der Waals surface area contributed by atoms with Gasteiger partial charge in [0.2, 0.25) is 0 Å². The van der Waals surface area contributed by atoms with E-state index in [9.17, 15) is 0 Å². The third-order valence-electron chi connectivity index (χ3n) is 4.00. The van der Waals surface area contributed by atoms with Gasteiger partial charge in [0.25, 0.3) is 0 Å². The summed E-state index contributed by atoms with van der Waals surface area (Å²) in [6.45, 7) is 1.10. The molecule has 0 aliphatic carbocycles. The Bertz CT molecular complexity index is 574. The molecule has 2 nitrogen and oxygen atoms in total. The molecule has 0 amide bonds. The van der Waals surface area contributed by atoms with Crippen LogP contribution in [-0.2, 0) is 19.3 Å². The van der Waals surface area contributed by atoms with Gasteiger partial charge in [-0.2, -0.15) is 0 Å². The van der Waals surface area contributed by atoms with E-state index in [0.29, 0.717) is 0 Å². The summed E-state index contributed by atoms with van der Waals surface area (Å²) in [5, 5.41) is 3.57. The van der Waals surface area contributed by atoms with Crippen molar-refractivity contribution in [3.05, 3.63) is 59.2 Å². The van der Waals surface area contributed by atoms with Gasteiger partial charge in [-0.25, -0.2) is 0 Å². The maximum absolute atomic E-state index is 5.20.